The summed E-state index contributed by atoms with van der Waals surface area (Å²) in [5.74, 6) is 0.423. The molecule has 0 aliphatic carbocycles. The van der Waals surface area contributed by atoms with Gasteiger partial charge in [-0.3, -0.25) is 0 Å². The van der Waals surface area contributed by atoms with Crippen LogP contribution in [0.5, 0.6) is 0 Å². The first-order valence-corrected chi connectivity index (χ1v) is 6.34. The van der Waals surface area contributed by atoms with Crippen molar-refractivity contribution >= 4 is 17.4 Å². The first-order valence-electron chi connectivity index (χ1n) is 5.97. The number of alkyl halides is 3. The molecular formula is C14H12ClF3N2. The fraction of sp³-hybridized carbons (Fsp3) is 0.214. The Morgan fingerprint density at radius 1 is 1.05 bits per heavy atom. The maximum atomic E-state index is 12.4. The molecule has 0 atom stereocenters. The number of aromatic nitrogens is 1. The van der Waals surface area contributed by atoms with Crippen LogP contribution in [-0.2, 0) is 12.6 Å². The number of hydrogen-bond acceptors (Lipinski definition) is 2. The zero-order chi connectivity index (χ0) is 14.6. The second-order valence-electron chi connectivity index (χ2n) is 4.23. The van der Waals surface area contributed by atoms with Crippen LogP contribution in [0.4, 0.5) is 19.0 Å². The first-order chi connectivity index (χ1) is 9.45. The second kappa shape index (κ2) is 6.13. The predicted octanol–water partition coefficient (Wildman–Crippen LogP) is 4.41. The zero-order valence-electron chi connectivity index (χ0n) is 10.4. The number of halogens is 4. The Bertz CT molecular complexity index is 550. The molecule has 2 rings (SSSR count). The van der Waals surface area contributed by atoms with Crippen LogP contribution in [0.15, 0.2) is 42.6 Å². The van der Waals surface area contributed by atoms with Crippen LogP contribution in [0.3, 0.4) is 0 Å². The summed E-state index contributed by atoms with van der Waals surface area (Å²) >= 11 is 5.78. The van der Waals surface area contributed by atoms with E-state index in [0.717, 1.165) is 24.2 Å². The van der Waals surface area contributed by atoms with Crippen molar-refractivity contribution in [3.63, 3.8) is 0 Å². The van der Waals surface area contributed by atoms with E-state index in [9.17, 15) is 13.2 Å². The Kier molecular flexibility index (Phi) is 4.49. The van der Waals surface area contributed by atoms with Crippen molar-refractivity contribution in [1.82, 2.24) is 4.98 Å². The molecular weight excluding hydrogens is 289 g/mol. The van der Waals surface area contributed by atoms with Crippen LogP contribution >= 0.6 is 11.6 Å². The first kappa shape index (κ1) is 14.7. The molecule has 0 aliphatic heterocycles. The van der Waals surface area contributed by atoms with Crippen molar-refractivity contribution in [2.24, 2.45) is 0 Å². The fourth-order valence-electron chi connectivity index (χ4n) is 1.65. The Labute approximate surface area is 119 Å². The van der Waals surface area contributed by atoms with Crippen molar-refractivity contribution in [3.8, 4) is 0 Å². The molecule has 0 saturated carbocycles. The van der Waals surface area contributed by atoms with Crippen molar-refractivity contribution in [1.29, 1.82) is 0 Å². The van der Waals surface area contributed by atoms with Gasteiger partial charge in [-0.25, -0.2) is 4.98 Å². The van der Waals surface area contributed by atoms with Crippen LogP contribution in [0.25, 0.3) is 0 Å². The minimum atomic E-state index is -4.35. The van der Waals surface area contributed by atoms with E-state index < -0.39 is 11.7 Å². The molecule has 106 valence electrons. The van der Waals surface area contributed by atoms with E-state index in [1.807, 2.05) is 12.1 Å². The fourth-order valence-corrected chi connectivity index (χ4v) is 1.78. The van der Waals surface area contributed by atoms with Gasteiger partial charge < -0.3 is 5.32 Å². The lowest BCUT2D eigenvalue weighted by Gasteiger charge is -2.08. The summed E-state index contributed by atoms with van der Waals surface area (Å²) in [4.78, 5) is 3.74. The highest BCUT2D eigenvalue weighted by atomic mass is 35.5. The minimum absolute atomic E-state index is 0.423. The Balaban J connectivity index is 1.87. The number of nitrogens with one attached hydrogen (secondary N) is 1. The lowest BCUT2D eigenvalue weighted by molar-refractivity contribution is -0.137. The van der Waals surface area contributed by atoms with Crippen molar-refractivity contribution in [2.45, 2.75) is 12.6 Å². The average molecular weight is 301 g/mol. The van der Waals surface area contributed by atoms with E-state index in [2.05, 4.69) is 10.3 Å². The molecule has 6 heteroatoms. The molecule has 0 spiro atoms. The smallest absolute Gasteiger partial charge is 0.370 e. The van der Waals surface area contributed by atoms with E-state index in [1.54, 1.807) is 12.1 Å². The molecule has 0 aliphatic rings. The van der Waals surface area contributed by atoms with Gasteiger partial charge in [-0.1, -0.05) is 23.7 Å². The highest BCUT2D eigenvalue weighted by molar-refractivity contribution is 6.30. The van der Waals surface area contributed by atoms with Gasteiger partial charge in [0.15, 0.2) is 0 Å². The third-order valence-electron chi connectivity index (χ3n) is 2.72. The Morgan fingerprint density at radius 3 is 2.30 bits per heavy atom. The molecule has 1 aromatic carbocycles. The molecule has 0 bridgehead atoms. The summed E-state index contributed by atoms with van der Waals surface area (Å²) in [6, 6.07) is 9.75. The van der Waals surface area contributed by atoms with Crippen LogP contribution in [-0.4, -0.2) is 11.5 Å². The van der Waals surface area contributed by atoms with Gasteiger partial charge in [0.2, 0.25) is 0 Å². The SMILES string of the molecule is FC(F)(F)c1ccc(NCCc2ccc(Cl)cc2)nc1. The molecule has 0 saturated heterocycles. The monoisotopic (exact) mass is 300 g/mol. The van der Waals surface area contributed by atoms with Crippen molar-refractivity contribution in [3.05, 3.63) is 58.7 Å². The van der Waals surface area contributed by atoms with Crippen LogP contribution < -0.4 is 5.32 Å². The maximum Gasteiger partial charge on any atom is 0.417 e. The highest BCUT2D eigenvalue weighted by Crippen LogP contribution is 2.28. The largest absolute Gasteiger partial charge is 0.417 e. The van der Waals surface area contributed by atoms with Gasteiger partial charge in [0, 0.05) is 17.8 Å². The topological polar surface area (TPSA) is 24.9 Å². The zero-order valence-corrected chi connectivity index (χ0v) is 11.2. The van der Waals surface area contributed by atoms with Gasteiger partial charge in [0.05, 0.1) is 5.56 Å². The molecule has 1 aromatic heterocycles. The number of hydrogen-bond donors (Lipinski definition) is 1. The van der Waals surface area contributed by atoms with Gasteiger partial charge in [0.1, 0.15) is 5.82 Å². The molecule has 1 heterocycles. The Hall–Kier alpha value is -1.75. The van der Waals surface area contributed by atoms with Crippen LogP contribution in [0.2, 0.25) is 5.02 Å². The lowest BCUT2D eigenvalue weighted by atomic mass is 10.1. The van der Waals surface area contributed by atoms with Gasteiger partial charge in [-0.05, 0) is 36.2 Å². The normalized spacial score (nSPS) is 11.4. The maximum absolute atomic E-state index is 12.4. The molecule has 2 nitrogen and oxygen atoms in total. The number of pyridine rings is 1. The third-order valence-corrected chi connectivity index (χ3v) is 2.98. The van der Waals surface area contributed by atoms with E-state index in [-0.39, 0.29) is 0 Å². The van der Waals surface area contributed by atoms with E-state index in [1.165, 1.54) is 6.07 Å². The number of nitrogens with zero attached hydrogens (tertiary/aromatic N) is 1. The van der Waals surface area contributed by atoms with Crippen LogP contribution in [0, 0.1) is 0 Å². The number of anilines is 1. The molecule has 0 fully saturated rings. The third kappa shape index (κ3) is 4.13. The van der Waals surface area contributed by atoms with Crippen LogP contribution in [0.1, 0.15) is 11.1 Å². The van der Waals surface area contributed by atoms with Gasteiger partial charge in [0.25, 0.3) is 0 Å². The number of benzene rings is 1. The minimum Gasteiger partial charge on any atom is -0.370 e. The highest BCUT2D eigenvalue weighted by Gasteiger charge is 2.30. The average Bonchev–Trinajstić information content (AvgIpc) is 2.41. The molecule has 0 radical (unpaired) electrons. The lowest BCUT2D eigenvalue weighted by Crippen LogP contribution is -2.09. The van der Waals surface area contributed by atoms with E-state index in [4.69, 9.17) is 11.6 Å². The summed E-state index contributed by atoms with van der Waals surface area (Å²) in [5, 5.41) is 3.65. The molecule has 20 heavy (non-hydrogen) atoms. The quantitative estimate of drug-likeness (QED) is 0.905. The van der Waals surface area contributed by atoms with Gasteiger partial charge in [-0.2, -0.15) is 13.2 Å². The Morgan fingerprint density at radius 2 is 1.75 bits per heavy atom. The molecule has 1 N–H and O–H groups in total. The predicted molar refractivity (Wildman–Crippen MR) is 72.9 cm³/mol. The van der Waals surface area contributed by atoms with Crippen molar-refractivity contribution < 1.29 is 13.2 Å². The van der Waals surface area contributed by atoms with E-state index in [0.29, 0.717) is 17.4 Å². The summed E-state index contributed by atoms with van der Waals surface area (Å²) < 4.78 is 37.1. The van der Waals surface area contributed by atoms with Gasteiger partial charge >= 0.3 is 6.18 Å². The summed E-state index contributed by atoms with van der Waals surface area (Å²) in [6.07, 6.45) is -2.79. The summed E-state index contributed by atoms with van der Waals surface area (Å²) in [6.45, 7) is 0.583. The second-order valence-corrected chi connectivity index (χ2v) is 4.67. The summed E-state index contributed by atoms with van der Waals surface area (Å²) in [7, 11) is 0. The van der Waals surface area contributed by atoms with Crippen molar-refractivity contribution in [2.75, 3.05) is 11.9 Å². The number of rotatable bonds is 4. The molecule has 0 unspecified atom stereocenters. The van der Waals surface area contributed by atoms with Gasteiger partial charge in [-0.15, -0.1) is 0 Å². The summed E-state index contributed by atoms with van der Waals surface area (Å²) in [5.41, 5.74) is 0.342. The molecule has 2 aromatic rings. The molecule has 0 amide bonds. The van der Waals surface area contributed by atoms with E-state index >= 15 is 0 Å². The standard InChI is InChI=1S/C14H12ClF3N2/c15-12-4-1-10(2-5-12)7-8-19-13-6-3-11(9-20-13)14(16,17)18/h1-6,9H,7-8H2,(H,19,20).